The van der Waals surface area contributed by atoms with E-state index in [1.165, 1.54) is 18.4 Å². The monoisotopic (exact) mass is 538 g/mol. The Hall–Kier alpha value is -3.87. The van der Waals surface area contributed by atoms with Crippen molar-refractivity contribution in [1.82, 2.24) is 20.5 Å². The summed E-state index contributed by atoms with van der Waals surface area (Å²) in [6.07, 6.45) is 8.96. The predicted octanol–water partition coefficient (Wildman–Crippen LogP) is 5.18. The number of para-hydroxylation sites is 1. The van der Waals surface area contributed by atoms with Gasteiger partial charge in [0.2, 0.25) is 11.8 Å². The van der Waals surface area contributed by atoms with Gasteiger partial charge in [-0.05, 0) is 61.3 Å². The van der Waals surface area contributed by atoms with Crippen molar-refractivity contribution >= 4 is 28.6 Å². The lowest BCUT2D eigenvalue weighted by atomic mass is 9.89. The summed E-state index contributed by atoms with van der Waals surface area (Å²) >= 11 is 0. The van der Waals surface area contributed by atoms with Crippen LogP contribution in [0.1, 0.15) is 85.6 Å². The van der Waals surface area contributed by atoms with Crippen LogP contribution >= 0.6 is 0 Å². The number of allylic oxidation sites excluding steroid dienone is 1. The molecule has 3 aromatic rings. The quantitative estimate of drug-likeness (QED) is 0.345. The first-order valence-electron chi connectivity index (χ1n) is 14.7. The highest BCUT2D eigenvalue weighted by atomic mass is 16.2. The van der Waals surface area contributed by atoms with Crippen LogP contribution in [0.15, 0.2) is 60.2 Å². The zero-order valence-electron chi connectivity index (χ0n) is 23.3. The van der Waals surface area contributed by atoms with Crippen molar-refractivity contribution in [3.8, 4) is 0 Å². The predicted molar refractivity (Wildman–Crippen MR) is 156 cm³/mol. The van der Waals surface area contributed by atoms with Crippen LogP contribution in [-0.2, 0) is 16.0 Å². The molecule has 0 bridgehead atoms. The number of benzene rings is 2. The van der Waals surface area contributed by atoms with Crippen LogP contribution < -0.4 is 10.6 Å². The molecular weight excluding hydrogens is 500 g/mol. The lowest BCUT2D eigenvalue weighted by Gasteiger charge is -2.38. The molecule has 208 valence electrons. The van der Waals surface area contributed by atoms with Crippen molar-refractivity contribution in [3.63, 3.8) is 0 Å². The number of nitrogens with zero attached hydrogens (tertiary/aromatic N) is 1. The first-order chi connectivity index (χ1) is 19.5. The van der Waals surface area contributed by atoms with Crippen LogP contribution in [0, 0.1) is 5.92 Å². The first-order valence-corrected chi connectivity index (χ1v) is 14.7. The van der Waals surface area contributed by atoms with E-state index in [1.54, 1.807) is 4.90 Å². The number of H-pyrrole nitrogens is 1. The van der Waals surface area contributed by atoms with E-state index in [1.807, 2.05) is 56.3 Å². The number of hydrogen-bond donors (Lipinski definition) is 3. The van der Waals surface area contributed by atoms with Crippen molar-refractivity contribution in [1.29, 1.82) is 0 Å². The lowest BCUT2D eigenvalue weighted by molar-refractivity contribution is -0.133. The molecule has 3 aliphatic rings. The molecule has 7 nitrogen and oxygen atoms in total. The summed E-state index contributed by atoms with van der Waals surface area (Å²) in [7, 11) is 0. The summed E-state index contributed by atoms with van der Waals surface area (Å²) in [5, 5.41) is 7.23. The third kappa shape index (κ3) is 4.61. The van der Waals surface area contributed by atoms with E-state index in [0.717, 1.165) is 53.4 Å². The van der Waals surface area contributed by atoms with Gasteiger partial charge >= 0.3 is 0 Å². The van der Waals surface area contributed by atoms with Gasteiger partial charge in [-0.15, -0.1) is 0 Å². The van der Waals surface area contributed by atoms with Crippen LogP contribution in [0.3, 0.4) is 0 Å². The van der Waals surface area contributed by atoms with E-state index in [4.69, 9.17) is 0 Å². The van der Waals surface area contributed by atoms with Gasteiger partial charge in [-0.3, -0.25) is 14.4 Å². The van der Waals surface area contributed by atoms with Crippen molar-refractivity contribution in [3.05, 3.63) is 82.6 Å². The summed E-state index contributed by atoms with van der Waals surface area (Å²) in [4.78, 5) is 46.4. The second-order valence-electron chi connectivity index (χ2n) is 11.5. The van der Waals surface area contributed by atoms with E-state index >= 15 is 0 Å². The highest BCUT2D eigenvalue weighted by Gasteiger charge is 2.49. The molecule has 3 heterocycles. The average Bonchev–Trinajstić information content (AvgIpc) is 3.51. The van der Waals surface area contributed by atoms with Gasteiger partial charge in [0, 0.05) is 35.1 Å². The van der Waals surface area contributed by atoms with Crippen LogP contribution in [0.4, 0.5) is 0 Å². The molecule has 2 aliphatic heterocycles. The van der Waals surface area contributed by atoms with Crippen molar-refractivity contribution in [2.24, 2.45) is 5.92 Å². The van der Waals surface area contributed by atoms with E-state index in [2.05, 4.69) is 27.8 Å². The molecule has 1 aromatic heterocycles. The molecule has 0 saturated carbocycles. The minimum atomic E-state index is -0.719. The van der Waals surface area contributed by atoms with Gasteiger partial charge in [-0.2, -0.15) is 0 Å². The molecule has 0 saturated heterocycles. The molecule has 0 unspecified atom stereocenters. The number of amides is 3. The number of fused-ring (bicyclic) bond motifs is 7. The minimum absolute atomic E-state index is 0.0487. The summed E-state index contributed by atoms with van der Waals surface area (Å²) in [6, 6.07) is 13.9. The number of hydrogen-bond acceptors (Lipinski definition) is 3. The van der Waals surface area contributed by atoms with Crippen molar-refractivity contribution in [2.45, 2.75) is 76.9 Å². The zero-order chi connectivity index (χ0) is 27.8. The molecule has 2 aromatic carbocycles. The van der Waals surface area contributed by atoms with E-state index in [0.29, 0.717) is 18.5 Å². The molecule has 0 spiro atoms. The van der Waals surface area contributed by atoms with Gasteiger partial charge in [0.1, 0.15) is 12.1 Å². The summed E-state index contributed by atoms with van der Waals surface area (Å²) in [5.41, 5.74) is 5.97. The van der Waals surface area contributed by atoms with Gasteiger partial charge in [-0.25, -0.2) is 0 Å². The summed E-state index contributed by atoms with van der Waals surface area (Å²) in [5.74, 6) is -0.629. The molecule has 7 heteroatoms. The smallest absolute Gasteiger partial charge is 0.255 e. The van der Waals surface area contributed by atoms with Gasteiger partial charge in [0.15, 0.2) is 0 Å². The van der Waals surface area contributed by atoms with Crippen LogP contribution in [0.25, 0.3) is 10.9 Å². The number of aromatic amines is 1. The first kappa shape index (κ1) is 26.4. The molecule has 40 heavy (non-hydrogen) atoms. The largest absolute Gasteiger partial charge is 0.356 e. The number of carbonyl (C=O) groups is 3. The molecule has 1 aliphatic carbocycles. The average molecular weight is 539 g/mol. The SMILES string of the molecule is CC[C@H](C)[C@H](NC(=O)[C@@H]1Cc2c([nH]c3ccccc23)[C@H]2c3ccccc3C(=O)N21)C(=O)NCCC1=CCCCC1. The molecule has 6 rings (SSSR count). The molecule has 3 amide bonds. The minimum Gasteiger partial charge on any atom is -0.356 e. The normalized spacial score (nSPS) is 21.2. The maximum atomic E-state index is 14.1. The van der Waals surface area contributed by atoms with Crippen LogP contribution in [0.5, 0.6) is 0 Å². The Morgan fingerprint density at radius 3 is 2.70 bits per heavy atom. The third-order valence-electron chi connectivity index (χ3n) is 9.08. The molecular formula is C33H38N4O3. The van der Waals surface area contributed by atoms with Crippen LogP contribution in [0.2, 0.25) is 0 Å². The van der Waals surface area contributed by atoms with Gasteiger partial charge in [0.25, 0.3) is 5.91 Å². The Labute approximate surface area is 235 Å². The van der Waals surface area contributed by atoms with Crippen LogP contribution in [-0.4, -0.2) is 46.2 Å². The Morgan fingerprint density at radius 1 is 1.10 bits per heavy atom. The standard InChI is InChI=1S/C33H38N4O3/c1-3-20(2)28(32(39)34-18-17-21-11-5-4-6-12-21)36-31(38)27-19-25-22-13-9-10-16-26(22)35-29(25)30-23-14-7-8-15-24(23)33(40)37(27)30/h7-11,13-16,20,27-28,30,35H,3-6,12,17-19H2,1-2H3,(H,34,39)(H,36,38)/t20-,27-,28-,30+/m0/s1. The van der Waals surface area contributed by atoms with E-state index < -0.39 is 12.1 Å². The number of carbonyl (C=O) groups excluding carboxylic acids is 3. The summed E-state index contributed by atoms with van der Waals surface area (Å²) in [6.45, 7) is 4.59. The molecule has 0 fully saturated rings. The van der Waals surface area contributed by atoms with E-state index in [9.17, 15) is 14.4 Å². The highest BCUT2D eigenvalue weighted by molar-refractivity contribution is 6.04. The fourth-order valence-corrected chi connectivity index (χ4v) is 6.68. The Balaban J connectivity index is 1.27. The Bertz CT molecular complexity index is 1490. The fourth-order valence-electron chi connectivity index (χ4n) is 6.68. The fraction of sp³-hybridized carbons (Fsp3) is 0.424. The maximum absolute atomic E-state index is 14.1. The maximum Gasteiger partial charge on any atom is 0.255 e. The topological polar surface area (TPSA) is 94.3 Å². The second-order valence-corrected chi connectivity index (χ2v) is 11.5. The Morgan fingerprint density at radius 2 is 1.90 bits per heavy atom. The van der Waals surface area contributed by atoms with E-state index in [-0.39, 0.29) is 29.7 Å². The zero-order valence-corrected chi connectivity index (χ0v) is 23.3. The number of nitrogens with one attached hydrogen (secondary N) is 3. The second kappa shape index (κ2) is 11.0. The Kier molecular flexibility index (Phi) is 7.22. The molecule has 3 N–H and O–H groups in total. The van der Waals surface area contributed by atoms with Crippen molar-refractivity contribution < 1.29 is 14.4 Å². The number of rotatable bonds is 8. The summed E-state index contributed by atoms with van der Waals surface area (Å²) < 4.78 is 0. The van der Waals surface area contributed by atoms with Crippen molar-refractivity contribution in [2.75, 3.05) is 6.54 Å². The van der Waals surface area contributed by atoms with Gasteiger partial charge in [0.05, 0.1) is 6.04 Å². The highest BCUT2D eigenvalue weighted by Crippen LogP contribution is 2.46. The van der Waals surface area contributed by atoms with Gasteiger partial charge < -0.3 is 20.5 Å². The number of aromatic nitrogens is 1. The molecule has 4 atom stereocenters. The molecule has 0 radical (unpaired) electrons. The third-order valence-corrected chi connectivity index (χ3v) is 9.08. The lowest BCUT2D eigenvalue weighted by Crippen LogP contribution is -2.58. The van der Waals surface area contributed by atoms with Gasteiger partial charge in [-0.1, -0.05) is 68.3 Å².